The molecule has 1 atom stereocenters. The first-order chi connectivity index (χ1) is 10.8. The maximum absolute atomic E-state index is 5.66. The Labute approximate surface area is 139 Å². The van der Waals surface area contributed by atoms with Gasteiger partial charge in [-0.1, -0.05) is 97.3 Å². The summed E-state index contributed by atoms with van der Waals surface area (Å²) in [5.41, 5.74) is 0.314. The number of ether oxygens (including phenoxy) is 1. The minimum atomic E-state index is 0.314. The first-order valence-corrected chi connectivity index (χ1v) is 10.2. The SMILES string of the molecule is CCCCCCCCCC1(CCCCCCCC)COCN1. The zero-order chi connectivity index (χ0) is 15.9. The smallest absolute Gasteiger partial charge is 0.0971 e. The molecule has 1 rings (SSSR count). The summed E-state index contributed by atoms with van der Waals surface area (Å²) in [5.74, 6) is 0. The lowest BCUT2D eigenvalue weighted by atomic mass is 9.87. The van der Waals surface area contributed by atoms with Gasteiger partial charge >= 0.3 is 0 Å². The van der Waals surface area contributed by atoms with E-state index in [2.05, 4.69) is 19.2 Å². The van der Waals surface area contributed by atoms with Crippen molar-refractivity contribution in [1.29, 1.82) is 0 Å². The van der Waals surface area contributed by atoms with Crippen LogP contribution in [0.15, 0.2) is 0 Å². The molecule has 2 nitrogen and oxygen atoms in total. The summed E-state index contributed by atoms with van der Waals surface area (Å²) in [7, 11) is 0. The fraction of sp³-hybridized carbons (Fsp3) is 1.00. The van der Waals surface area contributed by atoms with Gasteiger partial charge in [0.05, 0.1) is 13.3 Å². The number of hydrogen-bond acceptors (Lipinski definition) is 2. The van der Waals surface area contributed by atoms with E-state index < -0.39 is 0 Å². The van der Waals surface area contributed by atoms with Crippen molar-refractivity contribution < 1.29 is 4.74 Å². The first-order valence-electron chi connectivity index (χ1n) is 10.2. The molecule has 2 heteroatoms. The molecule has 0 bridgehead atoms. The first kappa shape index (κ1) is 20.0. The number of nitrogens with one attached hydrogen (secondary N) is 1. The molecule has 0 aliphatic carbocycles. The second-order valence-corrected chi connectivity index (χ2v) is 7.34. The minimum absolute atomic E-state index is 0.314. The van der Waals surface area contributed by atoms with Crippen LogP contribution >= 0.6 is 0 Å². The maximum Gasteiger partial charge on any atom is 0.0971 e. The summed E-state index contributed by atoms with van der Waals surface area (Å²) in [4.78, 5) is 0. The molecule has 0 aromatic carbocycles. The van der Waals surface area contributed by atoms with Crippen molar-refractivity contribution in [3.63, 3.8) is 0 Å². The molecule has 1 aliphatic rings. The molecule has 1 saturated heterocycles. The summed E-state index contributed by atoms with van der Waals surface area (Å²) in [5, 5.41) is 3.66. The topological polar surface area (TPSA) is 21.3 Å². The highest BCUT2D eigenvalue weighted by molar-refractivity contribution is 4.90. The molecular weight excluding hydrogens is 270 g/mol. The van der Waals surface area contributed by atoms with Crippen molar-refractivity contribution in [2.75, 3.05) is 13.3 Å². The second kappa shape index (κ2) is 13.4. The van der Waals surface area contributed by atoms with Gasteiger partial charge in [-0.2, -0.15) is 0 Å². The highest BCUT2D eigenvalue weighted by Crippen LogP contribution is 2.26. The van der Waals surface area contributed by atoms with Crippen molar-refractivity contribution in [2.45, 2.75) is 116 Å². The molecule has 0 saturated carbocycles. The minimum Gasteiger partial charge on any atom is -0.364 e. The van der Waals surface area contributed by atoms with Crippen molar-refractivity contribution in [3.8, 4) is 0 Å². The Balaban J connectivity index is 2.06. The fourth-order valence-corrected chi connectivity index (χ4v) is 3.61. The molecule has 0 spiro atoms. The van der Waals surface area contributed by atoms with Crippen LogP contribution in [-0.4, -0.2) is 18.9 Å². The average molecular weight is 312 g/mol. The van der Waals surface area contributed by atoms with E-state index in [9.17, 15) is 0 Å². The lowest BCUT2D eigenvalue weighted by Gasteiger charge is -2.28. The van der Waals surface area contributed by atoms with Crippen LogP contribution in [0.3, 0.4) is 0 Å². The van der Waals surface area contributed by atoms with E-state index >= 15 is 0 Å². The highest BCUT2D eigenvalue weighted by Gasteiger charge is 2.32. The predicted octanol–water partition coefficient (Wildman–Crippen LogP) is 6.19. The van der Waals surface area contributed by atoms with E-state index in [1.807, 2.05) is 0 Å². The molecule has 132 valence electrons. The zero-order valence-electron chi connectivity index (χ0n) is 15.4. The van der Waals surface area contributed by atoms with Gasteiger partial charge in [-0.05, 0) is 12.8 Å². The van der Waals surface area contributed by atoms with E-state index in [1.165, 1.54) is 96.3 Å². The quantitative estimate of drug-likeness (QED) is 0.364. The van der Waals surface area contributed by atoms with Gasteiger partial charge in [0.1, 0.15) is 0 Å². The van der Waals surface area contributed by atoms with E-state index in [1.54, 1.807) is 0 Å². The molecule has 0 aromatic heterocycles. The summed E-state index contributed by atoms with van der Waals surface area (Å²) < 4.78 is 5.66. The van der Waals surface area contributed by atoms with Crippen LogP contribution in [0.5, 0.6) is 0 Å². The van der Waals surface area contributed by atoms with Crippen LogP contribution in [0.2, 0.25) is 0 Å². The monoisotopic (exact) mass is 311 g/mol. The molecule has 0 aromatic rings. The lowest BCUT2D eigenvalue weighted by Crippen LogP contribution is -2.42. The Hall–Kier alpha value is -0.0800. The van der Waals surface area contributed by atoms with E-state index in [0.717, 1.165) is 13.3 Å². The van der Waals surface area contributed by atoms with Gasteiger partial charge in [-0.15, -0.1) is 0 Å². The zero-order valence-corrected chi connectivity index (χ0v) is 15.4. The van der Waals surface area contributed by atoms with E-state index in [0.29, 0.717) is 5.54 Å². The molecule has 1 fully saturated rings. The van der Waals surface area contributed by atoms with Gasteiger partial charge in [-0.3, -0.25) is 5.32 Å². The predicted molar refractivity (Wildman–Crippen MR) is 97.3 cm³/mol. The van der Waals surface area contributed by atoms with Crippen molar-refractivity contribution in [2.24, 2.45) is 0 Å². The van der Waals surface area contributed by atoms with Crippen LogP contribution < -0.4 is 5.32 Å². The molecule has 1 N–H and O–H groups in total. The molecule has 0 radical (unpaired) electrons. The van der Waals surface area contributed by atoms with Gasteiger partial charge in [0.2, 0.25) is 0 Å². The van der Waals surface area contributed by atoms with Crippen molar-refractivity contribution in [3.05, 3.63) is 0 Å². The third-order valence-electron chi connectivity index (χ3n) is 5.20. The Morgan fingerprint density at radius 2 is 1.14 bits per heavy atom. The maximum atomic E-state index is 5.66. The van der Waals surface area contributed by atoms with Gasteiger partial charge in [0, 0.05) is 5.54 Å². The highest BCUT2D eigenvalue weighted by atomic mass is 16.5. The van der Waals surface area contributed by atoms with E-state index in [-0.39, 0.29) is 0 Å². The Bertz CT molecular complexity index is 236. The largest absolute Gasteiger partial charge is 0.364 e. The van der Waals surface area contributed by atoms with Crippen LogP contribution in [0, 0.1) is 0 Å². The lowest BCUT2D eigenvalue weighted by molar-refractivity contribution is 0.168. The Morgan fingerprint density at radius 3 is 1.55 bits per heavy atom. The van der Waals surface area contributed by atoms with Crippen LogP contribution in [0.4, 0.5) is 0 Å². The molecule has 22 heavy (non-hydrogen) atoms. The molecule has 1 unspecified atom stereocenters. The molecule has 1 heterocycles. The second-order valence-electron chi connectivity index (χ2n) is 7.34. The molecular formula is C20H41NO. The summed E-state index contributed by atoms with van der Waals surface area (Å²) in [6, 6.07) is 0. The van der Waals surface area contributed by atoms with Gasteiger partial charge in [0.15, 0.2) is 0 Å². The van der Waals surface area contributed by atoms with Gasteiger partial charge < -0.3 is 4.74 Å². The van der Waals surface area contributed by atoms with Crippen molar-refractivity contribution in [1.82, 2.24) is 5.32 Å². The molecule has 0 amide bonds. The Morgan fingerprint density at radius 1 is 0.682 bits per heavy atom. The standard InChI is InChI=1S/C20H41NO/c1-3-5-7-9-11-13-15-17-20(18-22-19-21-20)16-14-12-10-8-6-4-2/h21H,3-19H2,1-2H3. The molecule has 1 aliphatic heterocycles. The normalized spacial score (nSPS) is 21.5. The third kappa shape index (κ3) is 9.15. The van der Waals surface area contributed by atoms with Crippen LogP contribution in [0.25, 0.3) is 0 Å². The Kier molecular flexibility index (Phi) is 12.1. The number of unbranched alkanes of at least 4 members (excludes halogenated alkanes) is 11. The third-order valence-corrected chi connectivity index (χ3v) is 5.20. The fourth-order valence-electron chi connectivity index (χ4n) is 3.61. The van der Waals surface area contributed by atoms with E-state index in [4.69, 9.17) is 4.74 Å². The number of rotatable bonds is 15. The average Bonchev–Trinajstić information content (AvgIpc) is 2.99. The van der Waals surface area contributed by atoms with Gasteiger partial charge in [0.25, 0.3) is 0 Å². The van der Waals surface area contributed by atoms with Gasteiger partial charge in [-0.25, -0.2) is 0 Å². The summed E-state index contributed by atoms with van der Waals surface area (Å²) >= 11 is 0. The summed E-state index contributed by atoms with van der Waals surface area (Å²) in [6.07, 6.45) is 20.8. The van der Waals surface area contributed by atoms with Crippen LogP contribution in [0.1, 0.15) is 110 Å². The van der Waals surface area contributed by atoms with Crippen LogP contribution in [-0.2, 0) is 4.74 Å². The van der Waals surface area contributed by atoms with Crippen molar-refractivity contribution >= 4 is 0 Å². The number of hydrogen-bond donors (Lipinski definition) is 1. The summed E-state index contributed by atoms with van der Waals surface area (Å²) in [6.45, 7) is 6.29.